The normalized spacial score (nSPS) is 14.1. The summed E-state index contributed by atoms with van der Waals surface area (Å²) in [6.45, 7) is 2.36. The fraction of sp³-hybridized carbons (Fsp3) is 0.417. The smallest absolute Gasteiger partial charge is 0.435 e. The van der Waals surface area contributed by atoms with Crippen LogP contribution in [0.15, 0.2) is 53.8 Å². The first kappa shape index (κ1) is 25.5. The maximum atomic E-state index is 13.5. The molecule has 0 spiro atoms. The minimum atomic E-state index is -4.68. The van der Waals surface area contributed by atoms with Gasteiger partial charge in [-0.1, -0.05) is 18.2 Å². The lowest BCUT2D eigenvalue weighted by molar-refractivity contribution is -0.141. The van der Waals surface area contributed by atoms with Crippen LogP contribution >= 0.6 is 0 Å². The SMILES string of the molecule is CNCCN(C)Cc1cccc(-n2nc(C(F)(F)F)cc2C(=O)NCC2=CCCC=C2OC)c1. The fourth-order valence-corrected chi connectivity index (χ4v) is 3.70. The van der Waals surface area contributed by atoms with E-state index in [0.717, 1.165) is 47.8 Å². The molecule has 1 aromatic heterocycles. The van der Waals surface area contributed by atoms with Gasteiger partial charge in [0.2, 0.25) is 0 Å². The molecule has 0 saturated carbocycles. The molecule has 10 heteroatoms. The Balaban J connectivity index is 1.86. The summed E-state index contributed by atoms with van der Waals surface area (Å²) in [5, 5.41) is 9.51. The van der Waals surface area contributed by atoms with Crippen molar-refractivity contribution in [2.24, 2.45) is 0 Å². The van der Waals surface area contributed by atoms with Gasteiger partial charge in [0.15, 0.2) is 5.69 Å². The number of carbonyl (C=O) groups excluding carboxylic acids is 1. The van der Waals surface area contributed by atoms with Gasteiger partial charge in [-0.3, -0.25) is 4.79 Å². The van der Waals surface area contributed by atoms with E-state index in [1.54, 1.807) is 25.3 Å². The maximum Gasteiger partial charge on any atom is 0.435 e. The third-order valence-electron chi connectivity index (χ3n) is 5.45. The number of rotatable bonds is 10. The van der Waals surface area contributed by atoms with Crippen LogP contribution in [0.1, 0.15) is 34.6 Å². The van der Waals surface area contributed by atoms with Gasteiger partial charge >= 0.3 is 6.18 Å². The first-order valence-electron chi connectivity index (χ1n) is 11.0. The van der Waals surface area contributed by atoms with Crippen molar-refractivity contribution in [3.8, 4) is 5.69 Å². The van der Waals surface area contributed by atoms with Crippen LogP contribution in [0.4, 0.5) is 13.2 Å². The van der Waals surface area contributed by atoms with Gasteiger partial charge in [-0.05, 0) is 50.7 Å². The molecule has 0 radical (unpaired) electrons. The number of ether oxygens (including phenoxy) is 1. The van der Waals surface area contributed by atoms with Gasteiger partial charge in [-0.15, -0.1) is 0 Å². The maximum absolute atomic E-state index is 13.5. The second kappa shape index (κ2) is 11.3. The lowest BCUT2D eigenvalue weighted by Gasteiger charge is -2.17. The number of amides is 1. The average Bonchev–Trinajstić information content (AvgIpc) is 3.28. The first-order valence-corrected chi connectivity index (χ1v) is 11.0. The van der Waals surface area contributed by atoms with Crippen LogP contribution in [0, 0.1) is 0 Å². The number of aromatic nitrogens is 2. The van der Waals surface area contributed by atoms with Gasteiger partial charge in [0.05, 0.1) is 12.8 Å². The van der Waals surface area contributed by atoms with Gasteiger partial charge in [0.1, 0.15) is 11.5 Å². The molecule has 0 atom stereocenters. The van der Waals surface area contributed by atoms with E-state index >= 15 is 0 Å². The van der Waals surface area contributed by atoms with Crippen molar-refractivity contribution in [2.45, 2.75) is 25.6 Å². The number of nitrogens with one attached hydrogen (secondary N) is 2. The molecular weight excluding hydrogens is 447 g/mol. The van der Waals surface area contributed by atoms with Crippen LogP contribution in [0.2, 0.25) is 0 Å². The molecule has 0 aliphatic heterocycles. The highest BCUT2D eigenvalue weighted by molar-refractivity contribution is 5.93. The number of alkyl halides is 3. The lowest BCUT2D eigenvalue weighted by Crippen LogP contribution is -2.29. The summed E-state index contributed by atoms with van der Waals surface area (Å²) in [5.41, 5.74) is 0.759. The van der Waals surface area contributed by atoms with Crippen molar-refractivity contribution in [3.05, 3.63) is 70.8 Å². The first-order chi connectivity index (χ1) is 16.2. The van der Waals surface area contributed by atoms with Crippen molar-refractivity contribution in [3.63, 3.8) is 0 Å². The second-order valence-corrected chi connectivity index (χ2v) is 8.10. The summed E-state index contributed by atoms with van der Waals surface area (Å²) >= 11 is 0. The van der Waals surface area contributed by atoms with Crippen molar-refractivity contribution in [1.29, 1.82) is 0 Å². The minimum Gasteiger partial charge on any atom is -0.497 e. The Bertz CT molecular complexity index is 1060. The number of carbonyl (C=O) groups is 1. The number of methoxy groups -OCH3 is 1. The highest BCUT2D eigenvalue weighted by Crippen LogP contribution is 2.30. The lowest BCUT2D eigenvalue weighted by atomic mass is 10.1. The summed E-state index contributed by atoms with van der Waals surface area (Å²) in [6, 6.07) is 7.80. The van der Waals surface area contributed by atoms with E-state index in [9.17, 15) is 18.0 Å². The quantitative estimate of drug-likeness (QED) is 0.548. The molecule has 2 N–H and O–H groups in total. The monoisotopic (exact) mass is 477 g/mol. The largest absolute Gasteiger partial charge is 0.497 e. The van der Waals surface area contributed by atoms with Crippen LogP contribution in [0.25, 0.3) is 5.69 Å². The van der Waals surface area contributed by atoms with Crippen LogP contribution in [-0.2, 0) is 17.5 Å². The van der Waals surface area contributed by atoms with Crippen LogP contribution in [0.5, 0.6) is 0 Å². The van der Waals surface area contributed by atoms with Crippen molar-refractivity contribution in [1.82, 2.24) is 25.3 Å². The Morgan fingerprint density at radius 1 is 1.24 bits per heavy atom. The standard InChI is InChI=1S/C24H30F3N5O2/c1-28-11-12-31(2)16-17-7-6-9-19(13-17)32-20(14-22(30-32)24(25,26)27)23(33)29-15-18-8-4-5-10-21(18)34-3/h6-10,13-14,28H,4-5,11-12,15-16H2,1-3H3,(H,29,33). The summed E-state index contributed by atoms with van der Waals surface area (Å²) < 4.78 is 46.7. The number of allylic oxidation sites excluding steroid dienone is 2. The molecule has 1 amide bonds. The number of nitrogens with zero attached hydrogens (tertiary/aromatic N) is 3. The summed E-state index contributed by atoms with van der Waals surface area (Å²) in [7, 11) is 5.37. The van der Waals surface area contributed by atoms with Gasteiger partial charge in [0, 0.05) is 37.8 Å². The van der Waals surface area contributed by atoms with Crippen molar-refractivity contribution in [2.75, 3.05) is 40.8 Å². The third kappa shape index (κ3) is 6.48. The van der Waals surface area contributed by atoms with Gasteiger partial charge < -0.3 is 20.3 Å². The molecule has 1 aliphatic carbocycles. The molecule has 184 valence electrons. The van der Waals surface area contributed by atoms with E-state index in [2.05, 4.69) is 20.6 Å². The molecule has 34 heavy (non-hydrogen) atoms. The molecule has 0 fully saturated rings. The van der Waals surface area contributed by atoms with Crippen molar-refractivity contribution >= 4 is 5.91 Å². The van der Waals surface area contributed by atoms with E-state index in [-0.39, 0.29) is 12.2 Å². The predicted octanol–water partition coefficient (Wildman–Crippen LogP) is 3.52. The van der Waals surface area contributed by atoms with Crippen LogP contribution < -0.4 is 10.6 Å². The highest BCUT2D eigenvalue weighted by Gasteiger charge is 2.36. The molecule has 0 unspecified atom stereocenters. The zero-order valence-corrected chi connectivity index (χ0v) is 19.6. The van der Waals surface area contributed by atoms with E-state index in [4.69, 9.17) is 4.74 Å². The highest BCUT2D eigenvalue weighted by atomic mass is 19.4. The second-order valence-electron chi connectivity index (χ2n) is 8.10. The molecule has 0 saturated heterocycles. The van der Waals surface area contributed by atoms with Gasteiger partial charge in [0.25, 0.3) is 5.91 Å². The molecular formula is C24H30F3N5O2. The zero-order chi connectivity index (χ0) is 24.7. The Morgan fingerprint density at radius 2 is 2.00 bits per heavy atom. The van der Waals surface area contributed by atoms with Crippen molar-refractivity contribution < 1.29 is 22.7 Å². The molecule has 1 aromatic carbocycles. The Labute approximate surface area is 197 Å². The number of hydrogen-bond donors (Lipinski definition) is 2. The summed E-state index contributed by atoms with van der Waals surface area (Å²) in [4.78, 5) is 15.0. The Morgan fingerprint density at radius 3 is 2.71 bits per heavy atom. The average molecular weight is 478 g/mol. The Kier molecular flexibility index (Phi) is 8.51. The molecule has 2 aromatic rings. The molecule has 3 rings (SSSR count). The molecule has 1 aliphatic rings. The summed E-state index contributed by atoms with van der Waals surface area (Å²) in [5.74, 6) is 0.00704. The van der Waals surface area contributed by atoms with Gasteiger partial charge in [-0.25, -0.2) is 4.68 Å². The van der Waals surface area contributed by atoms with E-state index in [1.807, 2.05) is 32.3 Å². The van der Waals surface area contributed by atoms with E-state index in [0.29, 0.717) is 18.0 Å². The third-order valence-corrected chi connectivity index (χ3v) is 5.45. The zero-order valence-electron chi connectivity index (χ0n) is 19.6. The minimum absolute atomic E-state index is 0.140. The summed E-state index contributed by atoms with van der Waals surface area (Å²) in [6.07, 6.45) is 0.841. The van der Waals surface area contributed by atoms with E-state index in [1.165, 1.54) is 0 Å². The molecule has 0 bridgehead atoms. The topological polar surface area (TPSA) is 71.4 Å². The van der Waals surface area contributed by atoms with Crippen LogP contribution in [-0.4, -0.2) is 61.4 Å². The number of likely N-dealkylation sites (N-methyl/N-ethyl adjacent to an activating group) is 2. The van der Waals surface area contributed by atoms with E-state index < -0.39 is 17.8 Å². The molecule has 7 nitrogen and oxygen atoms in total. The number of hydrogen-bond acceptors (Lipinski definition) is 5. The predicted molar refractivity (Wildman–Crippen MR) is 124 cm³/mol. The van der Waals surface area contributed by atoms with Gasteiger partial charge in [-0.2, -0.15) is 18.3 Å². The number of benzene rings is 1. The van der Waals surface area contributed by atoms with Crippen LogP contribution in [0.3, 0.4) is 0 Å². The Hall–Kier alpha value is -3.11. The fourth-order valence-electron chi connectivity index (χ4n) is 3.70. The number of halogens is 3. The molecule has 1 heterocycles.